The van der Waals surface area contributed by atoms with Crippen molar-refractivity contribution in [2.45, 2.75) is 31.8 Å². The molecule has 2 aliphatic rings. The number of hydrogen-bond acceptors (Lipinski definition) is 6. The van der Waals surface area contributed by atoms with Crippen LogP contribution in [-0.2, 0) is 17.8 Å². The summed E-state index contributed by atoms with van der Waals surface area (Å²) in [6.45, 7) is 1.79. The third-order valence-electron chi connectivity index (χ3n) is 7.25. The SMILES string of the molecule is N#C/N=C(/NCC(NC(=O)c1c(Cl)cc2c(c1Cl)CCN(C(=O)c1ccc3ccoc3c1)C2)C(=O)O)N1CCCC1. The van der Waals surface area contributed by atoms with Crippen molar-refractivity contribution >= 4 is 57.9 Å². The van der Waals surface area contributed by atoms with E-state index in [-0.39, 0.29) is 40.6 Å². The number of nitrogens with one attached hydrogen (secondary N) is 2. The maximum absolute atomic E-state index is 13.2. The number of amides is 2. The summed E-state index contributed by atoms with van der Waals surface area (Å²) >= 11 is 13.1. The Balaban J connectivity index is 1.30. The molecule has 5 rings (SSSR count). The molecule has 13 heteroatoms. The van der Waals surface area contributed by atoms with E-state index in [1.807, 2.05) is 17.0 Å². The lowest BCUT2D eigenvalue weighted by Gasteiger charge is -2.30. The number of guanidine groups is 1. The highest BCUT2D eigenvalue weighted by atomic mass is 35.5. The molecule has 0 saturated carbocycles. The molecule has 1 unspecified atom stereocenters. The quantitative estimate of drug-likeness (QED) is 0.221. The van der Waals surface area contributed by atoms with Crippen molar-refractivity contribution in [2.24, 2.45) is 4.99 Å². The summed E-state index contributed by atoms with van der Waals surface area (Å²) in [4.78, 5) is 45.7. The van der Waals surface area contributed by atoms with E-state index in [2.05, 4.69) is 15.6 Å². The van der Waals surface area contributed by atoms with E-state index in [0.29, 0.717) is 48.3 Å². The molecule has 11 nitrogen and oxygen atoms in total. The van der Waals surface area contributed by atoms with Gasteiger partial charge in [-0.3, -0.25) is 9.59 Å². The molecule has 1 saturated heterocycles. The number of nitriles is 1. The van der Waals surface area contributed by atoms with Crippen molar-refractivity contribution in [3.63, 3.8) is 0 Å². The molecule has 3 heterocycles. The molecule has 1 atom stereocenters. The molecule has 3 N–H and O–H groups in total. The zero-order valence-electron chi connectivity index (χ0n) is 21.8. The minimum Gasteiger partial charge on any atom is -0.480 e. The largest absolute Gasteiger partial charge is 0.480 e. The fourth-order valence-corrected chi connectivity index (χ4v) is 5.89. The normalized spacial score (nSPS) is 15.8. The first-order valence-electron chi connectivity index (χ1n) is 13.0. The Bertz CT molecular complexity index is 1590. The van der Waals surface area contributed by atoms with Gasteiger partial charge in [-0.2, -0.15) is 5.26 Å². The number of fused-ring (bicyclic) bond motifs is 2. The number of rotatable bonds is 6. The summed E-state index contributed by atoms with van der Waals surface area (Å²) in [6.07, 6.45) is 5.54. The third-order valence-corrected chi connectivity index (χ3v) is 7.97. The Hall–Kier alpha value is -4.27. The van der Waals surface area contributed by atoms with Crippen molar-refractivity contribution in [1.82, 2.24) is 20.4 Å². The lowest BCUT2D eigenvalue weighted by molar-refractivity contribution is -0.139. The molecule has 0 radical (unpaired) electrons. The maximum atomic E-state index is 13.2. The highest BCUT2D eigenvalue weighted by Gasteiger charge is 2.30. The van der Waals surface area contributed by atoms with Crippen LogP contribution in [0.5, 0.6) is 0 Å². The van der Waals surface area contributed by atoms with Gasteiger partial charge in [0.05, 0.1) is 21.9 Å². The van der Waals surface area contributed by atoms with Crippen LogP contribution in [0.2, 0.25) is 10.0 Å². The Morgan fingerprint density at radius 1 is 1.12 bits per heavy atom. The van der Waals surface area contributed by atoms with E-state index in [9.17, 15) is 19.5 Å². The van der Waals surface area contributed by atoms with Crippen molar-refractivity contribution in [2.75, 3.05) is 26.2 Å². The van der Waals surface area contributed by atoms with Gasteiger partial charge in [0.1, 0.15) is 11.6 Å². The van der Waals surface area contributed by atoms with Gasteiger partial charge < -0.3 is 30.0 Å². The highest BCUT2D eigenvalue weighted by Crippen LogP contribution is 2.35. The minimum absolute atomic E-state index is 0.0353. The number of aliphatic imine (C=N–C) groups is 1. The van der Waals surface area contributed by atoms with Crippen LogP contribution in [0.15, 0.2) is 46.0 Å². The van der Waals surface area contributed by atoms with Crippen LogP contribution >= 0.6 is 23.2 Å². The summed E-state index contributed by atoms with van der Waals surface area (Å²) in [5.74, 6) is -1.94. The number of benzene rings is 2. The lowest BCUT2D eigenvalue weighted by atomic mass is 9.96. The summed E-state index contributed by atoms with van der Waals surface area (Å²) in [6, 6.07) is 7.34. The molecule has 3 aromatic rings. The molecule has 41 heavy (non-hydrogen) atoms. The Labute approximate surface area is 245 Å². The summed E-state index contributed by atoms with van der Waals surface area (Å²) in [5.41, 5.74) is 2.45. The second kappa shape index (κ2) is 12.1. The molecule has 0 spiro atoms. The van der Waals surface area contributed by atoms with Crippen LogP contribution in [0.3, 0.4) is 0 Å². The van der Waals surface area contributed by atoms with E-state index >= 15 is 0 Å². The van der Waals surface area contributed by atoms with Crippen molar-refractivity contribution in [3.05, 3.63) is 68.9 Å². The van der Waals surface area contributed by atoms with Gasteiger partial charge in [-0.15, -0.1) is 4.99 Å². The van der Waals surface area contributed by atoms with E-state index in [4.69, 9.17) is 32.9 Å². The molecule has 212 valence electrons. The number of carbonyl (C=O) groups is 3. The maximum Gasteiger partial charge on any atom is 0.328 e. The zero-order chi connectivity index (χ0) is 29.1. The smallest absolute Gasteiger partial charge is 0.328 e. The Kier molecular flexibility index (Phi) is 8.33. The third kappa shape index (κ3) is 5.94. The average molecular weight is 597 g/mol. The number of likely N-dealkylation sites (tertiary alicyclic amines) is 1. The van der Waals surface area contributed by atoms with E-state index in [0.717, 1.165) is 18.2 Å². The van der Waals surface area contributed by atoms with Gasteiger partial charge in [-0.25, -0.2) is 4.79 Å². The van der Waals surface area contributed by atoms with Crippen molar-refractivity contribution in [1.29, 1.82) is 5.26 Å². The summed E-state index contributed by atoms with van der Waals surface area (Å²) in [7, 11) is 0. The first kappa shape index (κ1) is 28.3. The van der Waals surface area contributed by atoms with E-state index in [1.165, 1.54) is 0 Å². The van der Waals surface area contributed by atoms with Gasteiger partial charge in [0.15, 0.2) is 0 Å². The lowest BCUT2D eigenvalue weighted by Crippen LogP contribution is -2.51. The Morgan fingerprint density at radius 2 is 1.90 bits per heavy atom. The Morgan fingerprint density at radius 3 is 2.63 bits per heavy atom. The number of aliphatic carboxylic acids is 1. The van der Waals surface area contributed by atoms with Crippen LogP contribution in [0.1, 0.15) is 44.7 Å². The van der Waals surface area contributed by atoms with Crippen molar-refractivity contribution in [3.8, 4) is 6.19 Å². The molecule has 0 aliphatic carbocycles. The van der Waals surface area contributed by atoms with Crippen LogP contribution in [0.25, 0.3) is 11.0 Å². The summed E-state index contributed by atoms with van der Waals surface area (Å²) in [5, 5.41) is 25.2. The predicted molar refractivity (Wildman–Crippen MR) is 152 cm³/mol. The monoisotopic (exact) mass is 596 g/mol. The molecule has 1 fully saturated rings. The fourth-order valence-electron chi connectivity index (χ4n) is 5.13. The molecule has 2 amide bonds. The first-order valence-corrected chi connectivity index (χ1v) is 13.8. The van der Waals surface area contributed by atoms with Crippen LogP contribution in [-0.4, -0.2) is 70.9 Å². The molecule has 2 aliphatic heterocycles. The van der Waals surface area contributed by atoms with E-state index < -0.39 is 17.9 Å². The number of halogens is 2. The standard InChI is InChI=1S/C28H26Cl2N6O5/c29-20-11-18-14-36(26(38)17-4-3-16-6-10-41-22(16)12-17)9-5-19(18)24(30)23(20)25(37)34-21(27(39)40)13-32-28(33-15-31)35-7-1-2-8-35/h3-4,6,10-12,21H,1-2,5,7-9,13-14H2,(H,32,33)(H,34,37)(H,39,40). The number of carboxylic acids is 1. The summed E-state index contributed by atoms with van der Waals surface area (Å²) < 4.78 is 5.42. The van der Waals surface area contributed by atoms with Gasteiger partial charge in [0.25, 0.3) is 11.8 Å². The second-order valence-electron chi connectivity index (χ2n) is 9.81. The van der Waals surface area contributed by atoms with Crippen LogP contribution < -0.4 is 10.6 Å². The fraction of sp³-hybridized carbons (Fsp3) is 0.321. The number of carboxylic acid groups (broad SMARTS) is 1. The highest BCUT2D eigenvalue weighted by molar-refractivity contribution is 6.40. The van der Waals surface area contributed by atoms with Gasteiger partial charge in [-0.05, 0) is 54.7 Å². The zero-order valence-corrected chi connectivity index (χ0v) is 23.3. The molecular formula is C28H26Cl2N6O5. The first-order chi connectivity index (χ1) is 19.8. The number of carbonyl (C=O) groups excluding carboxylic acids is 2. The van der Waals surface area contributed by atoms with Gasteiger partial charge >= 0.3 is 5.97 Å². The topological polar surface area (TPSA) is 151 Å². The van der Waals surface area contributed by atoms with E-state index in [1.54, 1.807) is 35.6 Å². The molecular weight excluding hydrogens is 571 g/mol. The van der Waals surface area contributed by atoms with Crippen LogP contribution in [0.4, 0.5) is 0 Å². The van der Waals surface area contributed by atoms with Gasteiger partial charge in [0.2, 0.25) is 12.2 Å². The molecule has 1 aromatic heterocycles. The minimum atomic E-state index is -1.35. The van der Waals surface area contributed by atoms with Gasteiger partial charge in [0, 0.05) is 43.7 Å². The van der Waals surface area contributed by atoms with Crippen molar-refractivity contribution < 1.29 is 23.9 Å². The van der Waals surface area contributed by atoms with Crippen LogP contribution in [0, 0.1) is 11.5 Å². The number of hydrogen-bond donors (Lipinski definition) is 3. The van der Waals surface area contributed by atoms with Gasteiger partial charge in [-0.1, -0.05) is 29.3 Å². The number of furan rings is 1. The molecule has 0 bridgehead atoms. The second-order valence-corrected chi connectivity index (χ2v) is 10.6. The predicted octanol–water partition coefficient (Wildman–Crippen LogP) is 3.64. The average Bonchev–Trinajstić information content (AvgIpc) is 3.66. The molecule has 2 aromatic carbocycles. The number of nitrogens with zero attached hydrogens (tertiary/aromatic N) is 4.